The van der Waals surface area contributed by atoms with Crippen LogP contribution >= 0.6 is 0 Å². The quantitative estimate of drug-likeness (QED) is 0.494. The van der Waals surface area contributed by atoms with Gasteiger partial charge in [-0.15, -0.1) is 0 Å². The first-order valence-electron chi connectivity index (χ1n) is 11.7. The van der Waals surface area contributed by atoms with Crippen LogP contribution in [0.4, 0.5) is 0 Å². The molecule has 0 radical (unpaired) electrons. The van der Waals surface area contributed by atoms with Gasteiger partial charge in [0.25, 0.3) is 0 Å². The molecule has 0 aromatic heterocycles. The summed E-state index contributed by atoms with van der Waals surface area (Å²) in [6.07, 6.45) is 2.77. The highest BCUT2D eigenvalue weighted by Gasteiger charge is 2.26. The van der Waals surface area contributed by atoms with Crippen LogP contribution in [0.5, 0.6) is 5.75 Å². The van der Waals surface area contributed by atoms with Crippen molar-refractivity contribution in [2.45, 2.75) is 62.4 Å². The smallest absolute Gasteiger partial charge is 0.243 e. The van der Waals surface area contributed by atoms with E-state index in [1.54, 1.807) is 25.1 Å². The molecule has 0 aliphatic carbocycles. The fraction of sp³-hybridized carbons (Fsp3) is 0.458. The molecule has 3 rings (SSSR count). The van der Waals surface area contributed by atoms with E-state index in [1.165, 1.54) is 35.5 Å². The average molecular weight is 524 g/mol. The molecular weight excluding hydrogens is 490 g/mol. The third-order valence-corrected chi connectivity index (χ3v) is 9.28. The maximum atomic E-state index is 12.8. The summed E-state index contributed by atoms with van der Waals surface area (Å²) in [4.78, 5) is 12.8. The average Bonchev–Trinajstić information content (AvgIpc) is 2.84. The fourth-order valence-corrected chi connectivity index (χ4v) is 6.64. The van der Waals surface area contributed by atoms with Gasteiger partial charge in [-0.1, -0.05) is 18.6 Å². The topological polar surface area (TPSA) is 122 Å². The minimum atomic E-state index is -3.91. The van der Waals surface area contributed by atoms with Crippen molar-refractivity contribution < 1.29 is 26.4 Å². The number of sulfonamides is 2. The third kappa shape index (κ3) is 6.81. The van der Waals surface area contributed by atoms with Crippen molar-refractivity contribution >= 4 is 26.0 Å². The van der Waals surface area contributed by atoms with Crippen LogP contribution in [-0.4, -0.2) is 52.8 Å². The van der Waals surface area contributed by atoms with Crippen molar-refractivity contribution in [3.05, 3.63) is 53.6 Å². The van der Waals surface area contributed by atoms with E-state index in [9.17, 15) is 21.6 Å². The molecule has 1 aliphatic heterocycles. The molecule has 1 atom stereocenters. The molecule has 2 aromatic carbocycles. The number of carbonyl (C=O) groups is 1. The van der Waals surface area contributed by atoms with E-state index in [-0.39, 0.29) is 16.3 Å². The van der Waals surface area contributed by atoms with Gasteiger partial charge in [0.1, 0.15) is 5.75 Å². The molecule has 1 saturated heterocycles. The largest absolute Gasteiger partial charge is 0.494 e. The van der Waals surface area contributed by atoms with Gasteiger partial charge in [-0.25, -0.2) is 16.8 Å². The molecule has 9 nitrogen and oxygen atoms in total. The number of hydrogen-bond acceptors (Lipinski definition) is 6. The molecule has 2 N–H and O–H groups in total. The van der Waals surface area contributed by atoms with Gasteiger partial charge in [-0.05, 0) is 75.1 Å². The minimum absolute atomic E-state index is 0.0450. The third-order valence-electron chi connectivity index (χ3n) is 5.82. The van der Waals surface area contributed by atoms with Gasteiger partial charge >= 0.3 is 0 Å². The standard InChI is InChI=1S/C24H33N3O6S2/c1-4-33-23-13-12-22(16-18(23)2)34(29,30)26-19(3)24(28)25-17-20-8-10-21(11-9-20)35(31,32)27-14-6-5-7-15-27/h8-13,16,19,26H,4-7,14-15,17H2,1-3H3,(H,25,28)/t19-/m0/s1. The molecular formula is C24H33N3O6S2. The lowest BCUT2D eigenvalue weighted by atomic mass is 10.2. The number of rotatable bonds is 10. The monoisotopic (exact) mass is 523 g/mol. The van der Waals surface area contributed by atoms with Crippen LogP contribution < -0.4 is 14.8 Å². The zero-order chi connectivity index (χ0) is 25.6. The maximum Gasteiger partial charge on any atom is 0.243 e. The van der Waals surface area contributed by atoms with Crippen LogP contribution in [0.1, 0.15) is 44.2 Å². The van der Waals surface area contributed by atoms with E-state index >= 15 is 0 Å². The van der Waals surface area contributed by atoms with E-state index in [0.29, 0.717) is 36.6 Å². The second-order valence-electron chi connectivity index (χ2n) is 8.53. The van der Waals surface area contributed by atoms with Crippen LogP contribution in [-0.2, 0) is 31.4 Å². The molecule has 1 fully saturated rings. The van der Waals surface area contributed by atoms with Gasteiger partial charge in [-0.2, -0.15) is 9.03 Å². The predicted octanol–water partition coefficient (Wildman–Crippen LogP) is 2.55. The second kappa shape index (κ2) is 11.5. The first-order valence-corrected chi connectivity index (χ1v) is 14.6. The van der Waals surface area contributed by atoms with E-state index in [4.69, 9.17) is 4.74 Å². The summed E-state index contributed by atoms with van der Waals surface area (Å²) < 4.78 is 60.3. The van der Waals surface area contributed by atoms with Crippen molar-refractivity contribution in [1.82, 2.24) is 14.3 Å². The highest BCUT2D eigenvalue weighted by Crippen LogP contribution is 2.22. The van der Waals surface area contributed by atoms with Gasteiger partial charge < -0.3 is 10.1 Å². The van der Waals surface area contributed by atoms with Crippen LogP contribution in [0.25, 0.3) is 0 Å². The van der Waals surface area contributed by atoms with Crippen molar-refractivity contribution in [3.63, 3.8) is 0 Å². The first kappa shape index (κ1) is 27.1. The molecule has 0 bridgehead atoms. The summed E-state index contributed by atoms with van der Waals surface area (Å²) in [6, 6.07) is 9.88. The molecule has 1 amide bonds. The number of aryl methyl sites for hydroxylation is 1. The highest BCUT2D eigenvalue weighted by atomic mass is 32.2. The van der Waals surface area contributed by atoms with E-state index in [0.717, 1.165) is 19.3 Å². The Morgan fingerprint density at radius 3 is 2.23 bits per heavy atom. The molecule has 0 spiro atoms. The number of benzene rings is 2. The molecule has 1 heterocycles. The van der Waals surface area contributed by atoms with Gasteiger partial charge in [0.05, 0.1) is 22.4 Å². The maximum absolute atomic E-state index is 12.8. The summed E-state index contributed by atoms with van der Waals surface area (Å²) in [5.41, 5.74) is 1.38. The van der Waals surface area contributed by atoms with Crippen LogP contribution in [0.3, 0.4) is 0 Å². The SMILES string of the molecule is CCOc1ccc(S(=O)(=O)N[C@@H](C)C(=O)NCc2ccc(S(=O)(=O)N3CCCCC3)cc2)cc1C. The predicted molar refractivity (Wildman–Crippen MR) is 133 cm³/mol. The Hall–Kier alpha value is -2.47. The number of nitrogens with one attached hydrogen (secondary N) is 2. The number of ether oxygens (including phenoxy) is 1. The number of piperidine rings is 1. The van der Waals surface area contributed by atoms with Crippen LogP contribution in [0.2, 0.25) is 0 Å². The zero-order valence-corrected chi connectivity index (χ0v) is 21.9. The van der Waals surface area contributed by atoms with Gasteiger partial charge in [0, 0.05) is 19.6 Å². The summed E-state index contributed by atoms with van der Waals surface area (Å²) in [7, 11) is -7.43. The van der Waals surface area contributed by atoms with Gasteiger partial charge in [0.2, 0.25) is 26.0 Å². The van der Waals surface area contributed by atoms with Gasteiger partial charge in [0.15, 0.2) is 0 Å². The van der Waals surface area contributed by atoms with E-state index in [1.807, 2.05) is 6.92 Å². The molecule has 0 unspecified atom stereocenters. The zero-order valence-electron chi connectivity index (χ0n) is 20.3. The molecule has 2 aromatic rings. The molecule has 192 valence electrons. The Labute approximate surface area is 208 Å². The Balaban J connectivity index is 1.57. The van der Waals surface area contributed by atoms with Crippen molar-refractivity contribution in [1.29, 1.82) is 0 Å². The minimum Gasteiger partial charge on any atom is -0.494 e. The normalized spacial score (nSPS) is 16.0. The summed E-state index contributed by atoms with van der Waals surface area (Å²) in [6.45, 7) is 6.73. The Kier molecular flexibility index (Phi) is 8.92. The lowest BCUT2D eigenvalue weighted by Gasteiger charge is -2.25. The molecule has 35 heavy (non-hydrogen) atoms. The van der Waals surface area contributed by atoms with Crippen LogP contribution in [0.15, 0.2) is 52.3 Å². The Morgan fingerprint density at radius 2 is 1.63 bits per heavy atom. The lowest BCUT2D eigenvalue weighted by molar-refractivity contribution is -0.122. The highest BCUT2D eigenvalue weighted by molar-refractivity contribution is 7.89. The summed E-state index contributed by atoms with van der Waals surface area (Å²) in [5, 5.41) is 2.69. The van der Waals surface area contributed by atoms with Gasteiger partial charge in [-0.3, -0.25) is 4.79 Å². The summed E-state index contributed by atoms with van der Waals surface area (Å²) >= 11 is 0. The number of carbonyl (C=O) groups excluding carboxylic acids is 1. The lowest BCUT2D eigenvalue weighted by Crippen LogP contribution is -2.44. The number of hydrogen-bond donors (Lipinski definition) is 2. The second-order valence-corrected chi connectivity index (χ2v) is 12.2. The van der Waals surface area contributed by atoms with Crippen molar-refractivity contribution in [3.8, 4) is 5.75 Å². The molecule has 0 saturated carbocycles. The van der Waals surface area contributed by atoms with E-state index in [2.05, 4.69) is 10.0 Å². The van der Waals surface area contributed by atoms with Crippen molar-refractivity contribution in [2.75, 3.05) is 19.7 Å². The Bertz CT molecular complexity index is 1240. The van der Waals surface area contributed by atoms with Crippen LogP contribution in [0, 0.1) is 6.92 Å². The van der Waals surface area contributed by atoms with E-state index < -0.39 is 32.0 Å². The number of amides is 1. The summed E-state index contributed by atoms with van der Waals surface area (Å²) in [5.74, 6) is 0.105. The fourth-order valence-electron chi connectivity index (χ4n) is 3.84. The number of nitrogens with zero attached hydrogens (tertiary/aromatic N) is 1. The van der Waals surface area contributed by atoms with Crippen molar-refractivity contribution in [2.24, 2.45) is 0 Å². The first-order chi connectivity index (χ1) is 16.5. The Morgan fingerprint density at radius 1 is 1.00 bits per heavy atom. The molecule has 1 aliphatic rings. The molecule has 11 heteroatoms.